The summed E-state index contributed by atoms with van der Waals surface area (Å²) < 4.78 is 10.6. The van der Waals surface area contributed by atoms with E-state index in [9.17, 15) is 5.26 Å². The zero-order valence-electron chi connectivity index (χ0n) is 11.5. The number of methoxy groups -OCH3 is 2. The molecular weight excluding hydrogens is 240 g/mol. The van der Waals surface area contributed by atoms with Crippen LogP contribution >= 0.6 is 0 Å². The van der Waals surface area contributed by atoms with E-state index in [1.54, 1.807) is 14.2 Å². The van der Waals surface area contributed by atoms with Crippen molar-refractivity contribution in [3.05, 3.63) is 23.3 Å². The number of ether oxygens (including phenoxy) is 2. The van der Waals surface area contributed by atoms with Crippen LogP contribution < -0.4 is 14.8 Å². The lowest BCUT2D eigenvalue weighted by atomic mass is 9.90. The quantitative estimate of drug-likeness (QED) is 0.901. The van der Waals surface area contributed by atoms with E-state index in [0.29, 0.717) is 23.0 Å². The topological polar surface area (TPSA) is 54.3 Å². The van der Waals surface area contributed by atoms with E-state index in [1.165, 1.54) is 12.8 Å². The molecule has 1 aliphatic heterocycles. The lowest BCUT2D eigenvalue weighted by molar-refractivity contribution is 0.351. The highest BCUT2D eigenvalue weighted by atomic mass is 16.5. The van der Waals surface area contributed by atoms with Gasteiger partial charge in [0.1, 0.15) is 6.07 Å². The normalized spacial score (nSPS) is 15.8. The van der Waals surface area contributed by atoms with Crippen LogP contribution in [0.5, 0.6) is 11.5 Å². The molecule has 0 spiro atoms. The summed E-state index contributed by atoms with van der Waals surface area (Å²) in [5.74, 6) is 1.86. The first-order valence-electron chi connectivity index (χ1n) is 6.64. The van der Waals surface area contributed by atoms with Crippen LogP contribution in [0, 0.1) is 17.2 Å². The van der Waals surface area contributed by atoms with Gasteiger partial charge in [0.05, 0.1) is 19.8 Å². The van der Waals surface area contributed by atoms with Crippen LogP contribution in [-0.2, 0) is 6.42 Å². The fourth-order valence-corrected chi connectivity index (χ4v) is 2.64. The van der Waals surface area contributed by atoms with Crippen LogP contribution in [0.2, 0.25) is 0 Å². The van der Waals surface area contributed by atoms with Gasteiger partial charge < -0.3 is 14.8 Å². The number of nitriles is 1. The zero-order valence-corrected chi connectivity index (χ0v) is 11.5. The summed E-state index contributed by atoms with van der Waals surface area (Å²) in [6.07, 6.45) is 3.38. The highest BCUT2D eigenvalue weighted by molar-refractivity contribution is 5.54. The van der Waals surface area contributed by atoms with Crippen molar-refractivity contribution in [2.75, 3.05) is 27.3 Å². The van der Waals surface area contributed by atoms with Gasteiger partial charge in [-0.25, -0.2) is 0 Å². The first kappa shape index (κ1) is 13.7. The molecule has 1 fully saturated rings. The minimum atomic E-state index is 0.527. The predicted molar refractivity (Wildman–Crippen MR) is 73.6 cm³/mol. The smallest absolute Gasteiger partial charge is 0.178 e. The standard InChI is InChI=1S/C15H20N2O2/c1-18-14-9-12(7-11-3-5-17-6-4-11)8-13(10-16)15(14)19-2/h8-9,11,17H,3-7H2,1-2H3. The molecular formula is C15H20N2O2. The summed E-state index contributed by atoms with van der Waals surface area (Å²) in [5.41, 5.74) is 1.70. The van der Waals surface area contributed by atoms with E-state index in [0.717, 1.165) is 25.1 Å². The summed E-state index contributed by atoms with van der Waals surface area (Å²) in [4.78, 5) is 0. The Balaban J connectivity index is 2.23. The maximum Gasteiger partial charge on any atom is 0.178 e. The van der Waals surface area contributed by atoms with Gasteiger partial charge in [0.25, 0.3) is 0 Å². The van der Waals surface area contributed by atoms with Gasteiger partial charge in [-0.2, -0.15) is 5.26 Å². The van der Waals surface area contributed by atoms with Crippen molar-refractivity contribution in [2.24, 2.45) is 5.92 Å². The van der Waals surface area contributed by atoms with Crippen molar-refractivity contribution in [3.8, 4) is 17.6 Å². The van der Waals surface area contributed by atoms with Crippen molar-refractivity contribution in [2.45, 2.75) is 19.3 Å². The molecule has 0 saturated carbocycles. The number of nitrogens with zero attached hydrogens (tertiary/aromatic N) is 1. The highest BCUT2D eigenvalue weighted by Crippen LogP contribution is 2.33. The fraction of sp³-hybridized carbons (Fsp3) is 0.533. The Morgan fingerprint density at radius 1 is 1.26 bits per heavy atom. The largest absolute Gasteiger partial charge is 0.493 e. The van der Waals surface area contributed by atoms with Gasteiger partial charge in [0.15, 0.2) is 11.5 Å². The number of hydrogen-bond acceptors (Lipinski definition) is 4. The third-order valence-corrected chi connectivity index (χ3v) is 3.64. The number of benzene rings is 1. The molecule has 0 amide bonds. The van der Waals surface area contributed by atoms with Crippen LogP contribution in [0.15, 0.2) is 12.1 Å². The van der Waals surface area contributed by atoms with Gasteiger partial charge >= 0.3 is 0 Å². The molecule has 4 heteroatoms. The van der Waals surface area contributed by atoms with Crippen molar-refractivity contribution in [1.82, 2.24) is 5.32 Å². The summed E-state index contributed by atoms with van der Waals surface area (Å²) >= 11 is 0. The van der Waals surface area contributed by atoms with E-state index in [1.807, 2.05) is 12.1 Å². The summed E-state index contributed by atoms with van der Waals surface area (Å²) in [5, 5.41) is 12.6. The van der Waals surface area contributed by atoms with Crippen molar-refractivity contribution >= 4 is 0 Å². The van der Waals surface area contributed by atoms with E-state index in [-0.39, 0.29) is 0 Å². The molecule has 0 radical (unpaired) electrons. The molecule has 1 aliphatic rings. The summed E-state index contributed by atoms with van der Waals surface area (Å²) in [6.45, 7) is 2.17. The molecule has 0 aromatic heterocycles. The van der Waals surface area contributed by atoms with E-state index in [2.05, 4.69) is 11.4 Å². The second-order valence-corrected chi connectivity index (χ2v) is 4.89. The van der Waals surface area contributed by atoms with Crippen molar-refractivity contribution < 1.29 is 9.47 Å². The van der Waals surface area contributed by atoms with Crippen LogP contribution in [0.3, 0.4) is 0 Å². The highest BCUT2D eigenvalue weighted by Gasteiger charge is 2.17. The third kappa shape index (κ3) is 3.18. The number of hydrogen-bond donors (Lipinski definition) is 1. The van der Waals surface area contributed by atoms with Crippen LogP contribution in [0.4, 0.5) is 0 Å². The lowest BCUT2D eigenvalue weighted by Gasteiger charge is -2.23. The molecule has 0 atom stereocenters. The van der Waals surface area contributed by atoms with Gasteiger partial charge in [-0.3, -0.25) is 0 Å². The Bertz CT molecular complexity index is 474. The van der Waals surface area contributed by atoms with Crippen LogP contribution in [-0.4, -0.2) is 27.3 Å². The van der Waals surface area contributed by atoms with Gasteiger partial charge in [-0.05, 0) is 56.0 Å². The Morgan fingerprint density at radius 3 is 2.58 bits per heavy atom. The number of nitrogens with one attached hydrogen (secondary N) is 1. The average Bonchev–Trinajstić information content (AvgIpc) is 2.47. The lowest BCUT2D eigenvalue weighted by Crippen LogP contribution is -2.28. The summed E-state index contributed by atoms with van der Waals surface area (Å²) in [6, 6.07) is 6.09. The molecule has 1 aromatic rings. The van der Waals surface area contributed by atoms with E-state index in [4.69, 9.17) is 9.47 Å². The molecule has 19 heavy (non-hydrogen) atoms. The van der Waals surface area contributed by atoms with Crippen molar-refractivity contribution in [1.29, 1.82) is 5.26 Å². The number of piperidine rings is 1. The second-order valence-electron chi connectivity index (χ2n) is 4.89. The number of rotatable bonds is 4. The second kappa shape index (κ2) is 6.44. The van der Waals surface area contributed by atoms with Gasteiger partial charge in [-0.1, -0.05) is 0 Å². The predicted octanol–water partition coefficient (Wildman–Crippen LogP) is 2.12. The summed E-state index contributed by atoms with van der Waals surface area (Å²) in [7, 11) is 3.17. The molecule has 0 bridgehead atoms. The Morgan fingerprint density at radius 2 is 2.00 bits per heavy atom. The first-order valence-corrected chi connectivity index (χ1v) is 6.64. The molecule has 1 saturated heterocycles. The maximum atomic E-state index is 9.20. The molecule has 4 nitrogen and oxygen atoms in total. The fourth-order valence-electron chi connectivity index (χ4n) is 2.64. The molecule has 2 rings (SSSR count). The Labute approximate surface area is 114 Å². The van der Waals surface area contributed by atoms with Crippen LogP contribution in [0.25, 0.3) is 0 Å². The molecule has 0 aliphatic carbocycles. The molecule has 0 unspecified atom stereocenters. The van der Waals surface area contributed by atoms with E-state index < -0.39 is 0 Å². The zero-order chi connectivity index (χ0) is 13.7. The van der Waals surface area contributed by atoms with Crippen molar-refractivity contribution in [3.63, 3.8) is 0 Å². The minimum absolute atomic E-state index is 0.527. The SMILES string of the molecule is COc1cc(CC2CCNCC2)cc(C#N)c1OC. The first-order chi connectivity index (χ1) is 9.28. The Hall–Kier alpha value is -1.73. The molecule has 102 valence electrons. The average molecular weight is 260 g/mol. The van der Waals surface area contributed by atoms with Gasteiger partial charge in [0, 0.05) is 0 Å². The molecule has 1 N–H and O–H groups in total. The van der Waals surface area contributed by atoms with Gasteiger partial charge in [-0.15, -0.1) is 0 Å². The monoisotopic (exact) mass is 260 g/mol. The van der Waals surface area contributed by atoms with E-state index >= 15 is 0 Å². The van der Waals surface area contributed by atoms with Crippen LogP contribution in [0.1, 0.15) is 24.0 Å². The Kier molecular flexibility index (Phi) is 4.64. The van der Waals surface area contributed by atoms with Gasteiger partial charge in [0.2, 0.25) is 0 Å². The third-order valence-electron chi connectivity index (χ3n) is 3.64. The minimum Gasteiger partial charge on any atom is -0.493 e. The maximum absolute atomic E-state index is 9.20. The molecule has 1 aromatic carbocycles. The molecule has 1 heterocycles.